The monoisotopic (exact) mass is 285 g/mol. The molecule has 2 aromatic rings. The third-order valence-corrected chi connectivity index (χ3v) is 4.38. The summed E-state index contributed by atoms with van der Waals surface area (Å²) in [6.07, 6.45) is 2.53. The van der Waals surface area contributed by atoms with Crippen LogP contribution < -0.4 is 5.32 Å². The number of hydrogen-bond donors (Lipinski definition) is 2. The maximum atomic E-state index is 10.5. The smallest absolute Gasteiger partial charge is 0.128 e. The molecular formula is C18H23NO2. The van der Waals surface area contributed by atoms with Crippen LogP contribution in [0.2, 0.25) is 0 Å². The second-order valence-electron chi connectivity index (χ2n) is 5.86. The molecule has 0 spiro atoms. The first kappa shape index (κ1) is 14.4. The molecule has 1 aliphatic carbocycles. The van der Waals surface area contributed by atoms with E-state index in [9.17, 15) is 5.11 Å². The fourth-order valence-electron chi connectivity index (χ4n) is 3.14. The van der Waals surface area contributed by atoms with Crippen LogP contribution in [-0.4, -0.2) is 23.9 Å². The van der Waals surface area contributed by atoms with Crippen molar-refractivity contribution in [3.05, 3.63) is 42.0 Å². The quantitative estimate of drug-likeness (QED) is 0.879. The van der Waals surface area contributed by atoms with Gasteiger partial charge in [0.2, 0.25) is 0 Å². The standard InChI is InChI=1S/C18H23NO2/c1-3-21-15-10-14(11-15)19-12(2)16-9-8-13-6-4-5-7-17(13)18(16)20/h4-9,12,14-15,19-20H,3,10-11H2,1-2H3. The molecule has 3 heteroatoms. The molecule has 1 aliphatic rings. The van der Waals surface area contributed by atoms with Gasteiger partial charge in [0, 0.05) is 29.6 Å². The number of nitrogens with one attached hydrogen (secondary N) is 1. The van der Waals surface area contributed by atoms with Crippen molar-refractivity contribution in [2.45, 2.75) is 44.9 Å². The van der Waals surface area contributed by atoms with Crippen LogP contribution in [-0.2, 0) is 4.74 Å². The normalized spacial score (nSPS) is 23.0. The van der Waals surface area contributed by atoms with Crippen LogP contribution in [0.15, 0.2) is 36.4 Å². The molecule has 21 heavy (non-hydrogen) atoms. The maximum absolute atomic E-state index is 10.5. The van der Waals surface area contributed by atoms with Crippen LogP contribution in [0, 0.1) is 0 Å². The zero-order chi connectivity index (χ0) is 14.8. The van der Waals surface area contributed by atoms with Gasteiger partial charge in [0.15, 0.2) is 0 Å². The van der Waals surface area contributed by atoms with Crippen LogP contribution in [0.4, 0.5) is 0 Å². The van der Waals surface area contributed by atoms with Crippen LogP contribution in [0.5, 0.6) is 5.75 Å². The zero-order valence-electron chi connectivity index (χ0n) is 12.7. The zero-order valence-corrected chi connectivity index (χ0v) is 12.7. The largest absolute Gasteiger partial charge is 0.507 e. The van der Waals surface area contributed by atoms with Crippen LogP contribution in [0.25, 0.3) is 10.8 Å². The van der Waals surface area contributed by atoms with Crippen molar-refractivity contribution < 1.29 is 9.84 Å². The van der Waals surface area contributed by atoms with Crippen LogP contribution in [0.3, 0.4) is 0 Å². The Morgan fingerprint density at radius 3 is 2.76 bits per heavy atom. The van der Waals surface area contributed by atoms with Gasteiger partial charge >= 0.3 is 0 Å². The van der Waals surface area contributed by atoms with E-state index in [1.807, 2.05) is 37.3 Å². The number of hydrogen-bond acceptors (Lipinski definition) is 3. The van der Waals surface area contributed by atoms with Crippen molar-refractivity contribution in [2.24, 2.45) is 0 Å². The summed E-state index contributed by atoms with van der Waals surface area (Å²) >= 11 is 0. The molecule has 0 aromatic heterocycles. The van der Waals surface area contributed by atoms with Gasteiger partial charge in [0.05, 0.1) is 6.10 Å². The minimum atomic E-state index is 0.141. The topological polar surface area (TPSA) is 41.5 Å². The van der Waals surface area contributed by atoms with E-state index < -0.39 is 0 Å². The molecule has 0 saturated heterocycles. The third kappa shape index (κ3) is 2.89. The van der Waals surface area contributed by atoms with Gasteiger partial charge < -0.3 is 15.2 Å². The summed E-state index contributed by atoms with van der Waals surface area (Å²) in [5.74, 6) is 0.397. The summed E-state index contributed by atoms with van der Waals surface area (Å²) < 4.78 is 5.59. The maximum Gasteiger partial charge on any atom is 0.128 e. The molecule has 0 radical (unpaired) electrons. The highest BCUT2D eigenvalue weighted by Crippen LogP contribution is 2.34. The summed E-state index contributed by atoms with van der Waals surface area (Å²) in [4.78, 5) is 0. The Bertz CT molecular complexity index is 620. The van der Waals surface area contributed by atoms with E-state index >= 15 is 0 Å². The Balaban J connectivity index is 1.70. The molecule has 1 atom stereocenters. The van der Waals surface area contributed by atoms with Gasteiger partial charge in [-0.25, -0.2) is 0 Å². The minimum absolute atomic E-state index is 0.141. The lowest BCUT2D eigenvalue weighted by Crippen LogP contribution is -2.46. The number of fused-ring (bicyclic) bond motifs is 1. The van der Waals surface area contributed by atoms with Crippen molar-refractivity contribution in [1.29, 1.82) is 0 Å². The summed E-state index contributed by atoms with van der Waals surface area (Å²) in [6.45, 7) is 4.94. The number of rotatable bonds is 5. The fourth-order valence-corrected chi connectivity index (χ4v) is 3.14. The number of phenols is 1. The van der Waals surface area contributed by atoms with Gasteiger partial charge in [-0.2, -0.15) is 0 Å². The minimum Gasteiger partial charge on any atom is -0.507 e. The second-order valence-corrected chi connectivity index (χ2v) is 5.86. The Kier molecular flexibility index (Phi) is 4.13. The average Bonchev–Trinajstić information content (AvgIpc) is 2.45. The van der Waals surface area contributed by atoms with Gasteiger partial charge in [-0.3, -0.25) is 0 Å². The summed E-state index contributed by atoms with van der Waals surface area (Å²) in [5.41, 5.74) is 0.966. The third-order valence-electron chi connectivity index (χ3n) is 4.38. The van der Waals surface area contributed by atoms with Crippen LogP contribution >= 0.6 is 0 Å². The van der Waals surface area contributed by atoms with E-state index in [0.29, 0.717) is 17.9 Å². The van der Waals surface area contributed by atoms with Crippen molar-refractivity contribution in [2.75, 3.05) is 6.61 Å². The Morgan fingerprint density at radius 2 is 2.00 bits per heavy atom. The molecule has 2 aromatic carbocycles. The number of phenolic OH excluding ortho intramolecular Hbond substituents is 1. The number of benzene rings is 2. The molecule has 3 nitrogen and oxygen atoms in total. The highest BCUT2D eigenvalue weighted by atomic mass is 16.5. The van der Waals surface area contributed by atoms with E-state index in [2.05, 4.69) is 18.3 Å². The molecule has 1 fully saturated rings. The predicted molar refractivity (Wildman–Crippen MR) is 85.6 cm³/mol. The van der Waals surface area contributed by atoms with Crippen molar-refractivity contribution in [3.63, 3.8) is 0 Å². The van der Waals surface area contributed by atoms with Gasteiger partial charge in [-0.05, 0) is 32.1 Å². The molecule has 1 saturated carbocycles. The molecule has 2 N–H and O–H groups in total. The molecule has 1 unspecified atom stereocenters. The van der Waals surface area contributed by atoms with E-state index in [4.69, 9.17) is 4.74 Å². The lowest BCUT2D eigenvalue weighted by molar-refractivity contribution is -0.0120. The summed E-state index contributed by atoms with van der Waals surface area (Å²) in [6, 6.07) is 12.7. The summed E-state index contributed by atoms with van der Waals surface area (Å²) in [5, 5.41) is 16.1. The van der Waals surface area contributed by atoms with E-state index in [-0.39, 0.29) is 6.04 Å². The van der Waals surface area contributed by atoms with E-state index in [1.54, 1.807) is 0 Å². The summed E-state index contributed by atoms with van der Waals surface area (Å²) in [7, 11) is 0. The molecule has 0 bridgehead atoms. The first-order chi connectivity index (χ1) is 10.2. The van der Waals surface area contributed by atoms with Gasteiger partial charge in [0.25, 0.3) is 0 Å². The lowest BCUT2D eigenvalue weighted by atomic mass is 9.88. The highest BCUT2D eigenvalue weighted by Gasteiger charge is 2.30. The van der Waals surface area contributed by atoms with E-state index in [1.165, 1.54) is 0 Å². The van der Waals surface area contributed by atoms with Gasteiger partial charge in [0.1, 0.15) is 5.75 Å². The molecule has 0 amide bonds. The SMILES string of the molecule is CCOC1CC(NC(C)c2ccc3ccccc3c2O)C1. The van der Waals surface area contributed by atoms with E-state index in [0.717, 1.165) is 35.8 Å². The first-order valence-electron chi connectivity index (χ1n) is 7.77. The molecule has 0 heterocycles. The highest BCUT2D eigenvalue weighted by molar-refractivity contribution is 5.89. The Hall–Kier alpha value is -1.58. The number of aromatic hydroxyl groups is 1. The van der Waals surface area contributed by atoms with Crippen LogP contribution in [0.1, 0.15) is 38.3 Å². The van der Waals surface area contributed by atoms with Crippen molar-refractivity contribution >= 4 is 10.8 Å². The molecule has 112 valence electrons. The average molecular weight is 285 g/mol. The van der Waals surface area contributed by atoms with Gasteiger partial charge in [-0.15, -0.1) is 0 Å². The van der Waals surface area contributed by atoms with Crippen molar-refractivity contribution in [3.8, 4) is 5.75 Å². The van der Waals surface area contributed by atoms with Crippen molar-refractivity contribution in [1.82, 2.24) is 5.32 Å². The lowest BCUT2D eigenvalue weighted by Gasteiger charge is -2.37. The molecule has 0 aliphatic heterocycles. The predicted octanol–water partition coefficient (Wildman–Crippen LogP) is 3.76. The fraction of sp³-hybridized carbons (Fsp3) is 0.444. The first-order valence-corrected chi connectivity index (χ1v) is 7.77. The Morgan fingerprint density at radius 1 is 1.24 bits per heavy atom. The molecule has 3 rings (SSSR count). The van der Waals surface area contributed by atoms with Gasteiger partial charge in [-0.1, -0.05) is 36.4 Å². The molecular weight excluding hydrogens is 262 g/mol. The Labute approximate surface area is 125 Å². The second kappa shape index (κ2) is 6.04. The number of ether oxygens (including phenoxy) is 1.